The monoisotopic (exact) mass is 266 g/mol. The molecule has 102 valence electrons. The number of nitrogens with one attached hydrogen (secondary N) is 1. The second kappa shape index (κ2) is 5.87. The van der Waals surface area contributed by atoms with Crippen LogP contribution in [0.1, 0.15) is 35.6 Å². The number of hydrogen-bond acceptors (Lipinski definition) is 2. The van der Waals surface area contributed by atoms with E-state index in [1.165, 1.54) is 11.1 Å². The highest BCUT2D eigenvalue weighted by molar-refractivity contribution is 5.76. The highest BCUT2D eigenvalue weighted by Gasteiger charge is 2.22. The number of carbonyl (C=O) groups excluding carboxylic acids is 1. The third-order valence-electron chi connectivity index (χ3n) is 3.83. The second-order valence-electron chi connectivity index (χ2n) is 5.22. The molecule has 3 heteroatoms. The van der Waals surface area contributed by atoms with Crippen molar-refractivity contribution in [3.8, 4) is 0 Å². The second-order valence-corrected chi connectivity index (χ2v) is 5.22. The fourth-order valence-electron chi connectivity index (χ4n) is 2.78. The molecular formula is C17H18N2O. The Morgan fingerprint density at radius 3 is 3.00 bits per heavy atom. The van der Waals surface area contributed by atoms with Gasteiger partial charge in [-0.15, -0.1) is 0 Å². The van der Waals surface area contributed by atoms with Crippen molar-refractivity contribution in [2.75, 3.05) is 0 Å². The first-order valence-electron chi connectivity index (χ1n) is 7.09. The summed E-state index contributed by atoms with van der Waals surface area (Å²) in [6.07, 6.45) is 6.90. The lowest BCUT2D eigenvalue weighted by Gasteiger charge is -2.14. The minimum atomic E-state index is 0.121. The molecule has 0 spiro atoms. The molecule has 1 aliphatic rings. The Bertz CT molecular complexity index is 595. The van der Waals surface area contributed by atoms with Crippen molar-refractivity contribution in [2.45, 2.75) is 31.7 Å². The van der Waals surface area contributed by atoms with E-state index in [0.717, 1.165) is 24.8 Å². The number of aromatic nitrogens is 1. The summed E-state index contributed by atoms with van der Waals surface area (Å²) < 4.78 is 0. The summed E-state index contributed by atoms with van der Waals surface area (Å²) in [5.41, 5.74) is 3.75. The largest absolute Gasteiger partial charge is 0.349 e. The zero-order valence-corrected chi connectivity index (χ0v) is 11.4. The van der Waals surface area contributed by atoms with Crippen molar-refractivity contribution in [1.29, 1.82) is 0 Å². The summed E-state index contributed by atoms with van der Waals surface area (Å²) >= 11 is 0. The molecule has 0 fully saturated rings. The van der Waals surface area contributed by atoms with Gasteiger partial charge in [-0.1, -0.05) is 30.3 Å². The zero-order chi connectivity index (χ0) is 13.8. The average Bonchev–Trinajstić information content (AvgIpc) is 2.90. The summed E-state index contributed by atoms with van der Waals surface area (Å²) in [7, 11) is 0. The molecule has 0 bridgehead atoms. The summed E-state index contributed by atoms with van der Waals surface area (Å²) in [4.78, 5) is 16.1. The van der Waals surface area contributed by atoms with Crippen LogP contribution in [0, 0.1) is 0 Å². The summed E-state index contributed by atoms with van der Waals surface area (Å²) in [5.74, 6) is 0.121. The molecule has 3 rings (SSSR count). The number of aryl methyl sites for hydroxylation is 2. The predicted octanol–water partition coefficient (Wildman–Crippen LogP) is 2.82. The van der Waals surface area contributed by atoms with Gasteiger partial charge in [0.15, 0.2) is 0 Å². The van der Waals surface area contributed by atoms with Crippen LogP contribution in [0.15, 0.2) is 48.8 Å². The van der Waals surface area contributed by atoms with Gasteiger partial charge in [0.25, 0.3) is 0 Å². The Hall–Kier alpha value is -2.16. The van der Waals surface area contributed by atoms with E-state index in [0.29, 0.717) is 6.42 Å². The molecule has 0 saturated carbocycles. The Morgan fingerprint density at radius 2 is 2.15 bits per heavy atom. The summed E-state index contributed by atoms with van der Waals surface area (Å²) in [6.45, 7) is 0. The van der Waals surface area contributed by atoms with E-state index >= 15 is 0 Å². The molecule has 3 nitrogen and oxygen atoms in total. The van der Waals surface area contributed by atoms with Crippen LogP contribution < -0.4 is 5.32 Å². The van der Waals surface area contributed by atoms with E-state index in [4.69, 9.17) is 0 Å². The third-order valence-corrected chi connectivity index (χ3v) is 3.83. The highest BCUT2D eigenvalue weighted by Crippen LogP contribution is 2.30. The van der Waals surface area contributed by atoms with Gasteiger partial charge >= 0.3 is 0 Å². The number of rotatable bonds is 4. The zero-order valence-electron chi connectivity index (χ0n) is 11.4. The molecule has 0 aliphatic heterocycles. The number of hydrogen-bond donors (Lipinski definition) is 1. The normalized spacial score (nSPS) is 16.7. The molecule has 1 aromatic carbocycles. The Balaban J connectivity index is 1.55. The summed E-state index contributed by atoms with van der Waals surface area (Å²) in [5, 5.41) is 3.15. The lowest BCUT2D eigenvalue weighted by molar-refractivity contribution is -0.121. The maximum absolute atomic E-state index is 12.1. The number of fused-ring (bicyclic) bond motifs is 1. The van der Waals surface area contributed by atoms with Crippen LogP contribution in [0.4, 0.5) is 0 Å². The van der Waals surface area contributed by atoms with Crippen molar-refractivity contribution in [3.05, 3.63) is 65.5 Å². The SMILES string of the molecule is O=C(CCc1cccnc1)NC1CCc2ccccc21. The maximum atomic E-state index is 12.1. The van der Waals surface area contributed by atoms with E-state index in [9.17, 15) is 4.79 Å². The van der Waals surface area contributed by atoms with Crippen molar-refractivity contribution < 1.29 is 4.79 Å². The first-order chi connectivity index (χ1) is 9.83. The van der Waals surface area contributed by atoms with E-state index in [1.54, 1.807) is 6.20 Å². The molecule has 20 heavy (non-hydrogen) atoms. The molecule has 0 saturated heterocycles. The molecule has 1 aromatic heterocycles. The van der Waals surface area contributed by atoms with Crippen molar-refractivity contribution in [2.24, 2.45) is 0 Å². The lowest BCUT2D eigenvalue weighted by Crippen LogP contribution is -2.27. The Kier molecular flexibility index (Phi) is 3.77. The maximum Gasteiger partial charge on any atom is 0.220 e. The van der Waals surface area contributed by atoms with Crippen LogP contribution in [0.2, 0.25) is 0 Å². The van der Waals surface area contributed by atoms with Gasteiger partial charge in [0, 0.05) is 18.8 Å². The van der Waals surface area contributed by atoms with Crippen LogP contribution in [-0.2, 0) is 17.6 Å². The molecule has 1 aliphatic carbocycles. The van der Waals surface area contributed by atoms with Gasteiger partial charge < -0.3 is 5.32 Å². The standard InChI is InChI=1S/C17H18N2O/c20-17(10-7-13-4-3-11-18-12-13)19-16-9-8-14-5-1-2-6-15(14)16/h1-6,11-12,16H,7-10H2,(H,19,20). The fraction of sp³-hybridized carbons (Fsp3) is 0.294. The third kappa shape index (κ3) is 2.87. The molecule has 2 aromatic rings. The Labute approximate surface area is 119 Å². The van der Waals surface area contributed by atoms with Crippen molar-refractivity contribution in [1.82, 2.24) is 10.3 Å². The van der Waals surface area contributed by atoms with E-state index < -0.39 is 0 Å². The predicted molar refractivity (Wildman–Crippen MR) is 78.2 cm³/mol. The van der Waals surface area contributed by atoms with Crippen LogP contribution in [-0.4, -0.2) is 10.9 Å². The first kappa shape index (κ1) is 12.9. The Morgan fingerprint density at radius 1 is 1.25 bits per heavy atom. The van der Waals surface area contributed by atoms with Crippen molar-refractivity contribution >= 4 is 5.91 Å². The average molecular weight is 266 g/mol. The van der Waals surface area contributed by atoms with Gasteiger partial charge in [0.05, 0.1) is 6.04 Å². The van der Waals surface area contributed by atoms with Gasteiger partial charge in [-0.3, -0.25) is 9.78 Å². The fourth-order valence-corrected chi connectivity index (χ4v) is 2.78. The van der Waals surface area contributed by atoms with E-state index in [2.05, 4.69) is 28.5 Å². The van der Waals surface area contributed by atoms with Gasteiger partial charge in [0.2, 0.25) is 5.91 Å². The molecule has 1 heterocycles. The van der Waals surface area contributed by atoms with Gasteiger partial charge in [-0.25, -0.2) is 0 Å². The van der Waals surface area contributed by atoms with Crippen LogP contribution in [0.25, 0.3) is 0 Å². The van der Waals surface area contributed by atoms with Crippen LogP contribution >= 0.6 is 0 Å². The van der Waals surface area contributed by atoms with Crippen LogP contribution in [0.5, 0.6) is 0 Å². The number of carbonyl (C=O) groups is 1. The molecule has 0 radical (unpaired) electrons. The topological polar surface area (TPSA) is 42.0 Å². The molecule has 1 amide bonds. The van der Waals surface area contributed by atoms with Crippen molar-refractivity contribution in [3.63, 3.8) is 0 Å². The van der Waals surface area contributed by atoms with Crippen LogP contribution in [0.3, 0.4) is 0 Å². The smallest absolute Gasteiger partial charge is 0.220 e. The quantitative estimate of drug-likeness (QED) is 0.924. The molecule has 1 N–H and O–H groups in total. The number of pyridine rings is 1. The minimum Gasteiger partial charge on any atom is -0.349 e. The molecule has 1 unspecified atom stereocenters. The lowest BCUT2D eigenvalue weighted by atomic mass is 10.1. The first-order valence-corrected chi connectivity index (χ1v) is 7.09. The molecular weight excluding hydrogens is 248 g/mol. The van der Waals surface area contributed by atoms with E-state index in [-0.39, 0.29) is 11.9 Å². The van der Waals surface area contributed by atoms with Gasteiger partial charge in [0.1, 0.15) is 0 Å². The number of benzene rings is 1. The van der Waals surface area contributed by atoms with Gasteiger partial charge in [-0.2, -0.15) is 0 Å². The van der Waals surface area contributed by atoms with E-state index in [1.807, 2.05) is 24.4 Å². The number of amides is 1. The highest BCUT2D eigenvalue weighted by atomic mass is 16.1. The number of nitrogens with zero attached hydrogens (tertiary/aromatic N) is 1. The van der Waals surface area contributed by atoms with Gasteiger partial charge in [-0.05, 0) is 42.0 Å². The molecule has 1 atom stereocenters. The minimum absolute atomic E-state index is 0.121. The summed E-state index contributed by atoms with van der Waals surface area (Å²) in [6, 6.07) is 12.5.